The van der Waals surface area contributed by atoms with Gasteiger partial charge in [-0.3, -0.25) is 4.79 Å². The minimum atomic E-state index is -0.887. The van der Waals surface area contributed by atoms with Crippen LogP contribution in [0.2, 0.25) is 0 Å². The number of carbonyl (C=O) groups excluding carboxylic acids is 1. The molecule has 0 aromatic rings. The average molecular weight is 293 g/mol. The van der Waals surface area contributed by atoms with Crippen LogP contribution in [0, 0.1) is 23.2 Å². The summed E-state index contributed by atoms with van der Waals surface area (Å²) in [5.41, 5.74) is -0.241. The van der Waals surface area contributed by atoms with Gasteiger partial charge in [0.15, 0.2) is 0 Å². The third kappa shape index (κ3) is 2.82. The molecule has 0 unspecified atom stereocenters. The number of carboxylic acids is 1. The summed E-state index contributed by atoms with van der Waals surface area (Å²) in [6.07, 6.45) is 9.21. The van der Waals surface area contributed by atoms with Crippen LogP contribution in [0.5, 0.6) is 0 Å². The van der Waals surface area contributed by atoms with Gasteiger partial charge in [-0.05, 0) is 62.7 Å². The number of rotatable bonds is 6. The maximum absolute atomic E-state index is 12.8. The van der Waals surface area contributed by atoms with Gasteiger partial charge in [0, 0.05) is 5.41 Å². The van der Waals surface area contributed by atoms with Crippen LogP contribution in [0.4, 0.5) is 0 Å². The first kappa shape index (κ1) is 14.9. The summed E-state index contributed by atoms with van der Waals surface area (Å²) in [7, 11) is 0. The van der Waals surface area contributed by atoms with Gasteiger partial charge in [0.2, 0.25) is 5.91 Å². The molecule has 1 atom stereocenters. The first-order valence-electron chi connectivity index (χ1n) is 8.56. The summed E-state index contributed by atoms with van der Waals surface area (Å²) >= 11 is 0. The largest absolute Gasteiger partial charge is 0.480 e. The molecule has 4 rings (SSSR count). The Hall–Kier alpha value is -1.06. The zero-order chi connectivity index (χ0) is 15.0. The number of nitrogens with one attached hydrogen (secondary N) is 1. The van der Waals surface area contributed by atoms with Crippen molar-refractivity contribution in [2.75, 3.05) is 0 Å². The van der Waals surface area contributed by atoms with Crippen molar-refractivity contribution in [3.8, 4) is 0 Å². The molecule has 0 aromatic carbocycles. The molecule has 4 fully saturated rings. The third-order valence-corrected chi connectivity index (χ3v) is 5.97. The van der Waals surface area contributed by atoms with E-state index in [9.17, 15) is 14.7 Å². The van der Waals surface area contributed by atoms with Crippen LogP contribution >= 0.6 is 0 Å². The molecule has 118 valence electrons. The normalized spacial score (nSPS) is 38.2. The molecule has 2 N–H and O–H groups in total. The Bertz CT molecular complexity index is 396. The average Bonchev–Trinajstić information content (AvgIpc) is 2.41. The summed E-state index contributed by atoms with van der Waals surface area (Å²) < 4.78 is 0. The van der Waals surface area contributed by atoms with Crippen LogP contribution < -0.4 is 5.32 Å². The van der Waals surface area contributed by atoms with E-state index in [1.54, 1.807) is 0 Å². The molecule has 0 saturated heterocycles. The van der Waals surface area contributed by atoms with Crippen molar-refractivity contribution in [3.63, 3.8) is 0 Å². The Balaban J connectivity index is 1.68. The molecule has 4 bridgehead atoms. The van der Waals surface area contributed by atoms with E-state index in [1.165, 1.54) is 19.3 Å². The van der Waals surface area contributed by atoms with E-state index < -0.39 is 12.0 Å². The van der Waals surface area contributed by atoms with Crippen LogP contribution in [-0.4, -0.2) is 23.0 Å². The molecular formula is C17H27NO3. The van der Waals surface area contributed by atoms with Crippen molar-refractivity contribution < 1.29 is 14.7 Å². The molecular weight excluding hydrogens is 266 g/mol. The lowest BCUT2D eigenvalue weighted by molar-refractivity contribution is -0.151. The van der Waals surface area contributed by atoms with Gasteiger partial charge in [-0.15, -0.1) is 0 Å². The lowest BCUT2D eigenvalue weighted by Crippen LogP contribution is -2.56. The summed E-state index contributed by atoms with van der Waals surface area (Å²) in [6.45, 7) is 2.04. The molecule has 0 aromatic heterocycles. The molecule has 4 aliphatic carbocycles. The number of carbonyl (C=O) groups is 2. The molecule has 0 radical (unpaired) electrons. The Labute approximate surface area is 126 Å². The molecule has 4 aliphatic rings. The van der Waals surface area contributed by atoms with Gasteiger partial charge in [-0.2, -0.15) is 0 Å². The quantitative estimate of drug-likeness (QED) is 0.791. The number of carboxylic acid groups (broad SMARTS) is 1. The summed E-state index contributed by atoms with van der Waals surface area (Å²) in [6, 6.07) is -0.703. The minimum absolute atomic E-state index is 0.0325. The highest BCUT2D eigenvalue weighted by Gasteiger charge is 2.54. The standard InChI is InChI=1S/C17H27NO3/c1-2-3-4-14(15(19)20)18-16(21)17-8-11-5-12(9-17)7-13(6-11)10-17/h11-14H,2-10H2,1H3,(H,18,21)(H,19,20)/t11?,12?,13?,14-,17?/m0/s1. The van der Waals surface area contributed by atoms with Crippen molar-refractivity contribution in [2.45, 2.75) is 70.8 Å². The fraction of sp³-hybridized carbons (Fsp3) is 0.882. The zero-order valence-corrected chi connectivity index (χ0v) is 12.9. The van der Waals surface area contributed by atoms with Crippen LogP contribution in [0.15, 0.2) is 0 Å². The number of amides is 1. The van der Waals surface area contributed by atoms with Gasteiger partial charge in [0.1, 0.15) is 6.04 Å². The highest BCUT2D eigenvalue weighted by molar-refractivity contribution is 5.87. The van der Waals surface area contributed by atoms with E-state index in [1.807, 2.05) is 6.92 Å². The van der Waals surface area contributed by atoms with Gasteiger partial charge >= 0.3 is 5.97 Å². The topological polar surface area (TPSA) is 66.4 Å². The highest BCUT2D eigenvalue weighted by Crippen LogP contribution is 2.60. The second-order valence-electron chi connectivity index (χ2n) is 7.70. The SMILES string of the molecule is CCCC[C@H](NC(=O)C12CC3CC(CC(C3)C1)C2)C(=O)O. The third-order valence-electron chi connectivity index (χ3n) is 5.97. The van der Waals surface area contributed by atoms with Crippen molar-refractivity contribution in [1.82, 2.24) is 5.32 Å². The molecule has 4 saturated carbocycles. The molecule has 4 nitrogen and oxygen atoms in total. The monoisotopic (exact) mass is 293 g/mol. The van der Waals surface area contributed by atoms with Gasteiger partial charge in [-0.25, -0.2) is 4.79 Å². The van der Waals surface area contributed by atoms with Crippen molar-refractivity contribution in [1.29, 1.82) is 0 Å². The van der Waals surface area contributed by atoms with E-state index in [4.69, 9.17) is 0 Å². The van der Waals surface area contributed by atoms with Gasteiger partial charge in [-0.1, -0.05) is 19.8 Å². The van der Waals surface area contributed by atoms with Gasteiger partial charge < -0.3 is 10.4 Å². The Kier molecular flexibility index (Phi) is 3.98. The fourth-order valence-corrected chi connectivity index (χ4v) is 5.37. The van der Waals surface area contributed by atoms with E-state index in [0.717, 1.165) is 32.1 Å². The predicted molar refractivity (Wildman–Crippen MR) is 79.7 cm³/mol. The first-order valence-corrected chi connectivity index (χ1v) is 8.56. The van der Waals surface area contributed by atoms with E-state index in [2.05, 4.69) is 5.32 Å². The first-order chi connectivity index (χ1) is 10.0. The number of hydrogen-bond donors (Lipinski definition) is 2. The Morgan fingerprint density at radius 3 is 2.10 bits per heavy atom. The number of hydrogen-bond acceptors (Lipinski definition) is 2. The van der Waals surface area contributed by atoms with Crippen molar-refractivity contribution >= 4 is 11.9 Å². The fourth-order valence-electron chi connectivity index (χ4n) is 5.37. The molecule has 4 heteroatoms. The molecule has 1 amide bonds. The van der Waals surface area contributed by atoms with E-state index >= 15 is 0 Å². The molecule has 0 heterocycles. The second kappa shape index (κ2) is 5.62. The number of aliphatic carboxylic acids is 1. The summed E-state index contributed by atoms with van der Waals surface area (Å²) in [5, 5.41) is 12.2. The smallest absolute Gasteiger partial charge is 0.326 e. The molecule has 0 spiro atoms. The second-order valence-corrected chi connectivity index (χ2v) is 7.70. The maximum Gasteiger partial charge on any atom is 0.326 e. The van der Waals surface area contributed by atoms with E-state index in [-0.39, 0.29) is 11.3 Å². The van der Waals surface area contributed by atoms with Crippen LogP contribution in [-0.2, 0) is 9.59 Å². The minimum Gasteiger partial charge on any atom is -0.480 e. The number of unbranched alkanes of at least 4 members (excludes halogenated alkanes) is 1. The van der Waals surface area contributed by atoms with Gasteiger partial charge in [0.25, 0.3) is 0 Å². The predicted octanol–water partition coefficient (Wildman–Crippen LogP) is 2.96. The van der Waals surface area contributed by atoms with Crippen LogP contribution in [0.1, 0.15) is 64.7 Å². The van der Waals surface area contributed by atoms with Gasteiger partial charge in [0.05, 0.1) is 0 Å². The lowest BCUT2D eigenvalue weighted by atomic mass is 9.49. The van der Waals surface area contributed by atoms with E-state index in [0.29, 0.717) is 24.2 Å². The summed E-state index contributed by atoms with van der Waals surface area (Å²) in [5.74, 6) is 1.27. The maximum atomic E-state index is 12.8. The Morgan fingerprint density at radius 1 is 1.14 bits per heavy atom. The molecule has 21 heavy (non-hydrogen) atoms. The van der Waals surface area contributed by atoms with Crippen LogP contribution in [0.25, 0.3) is 0 Å². The lowest BCUT2D eigenvalue weighted by Gasteiger charge is -2.55. The summed E-state index contributed by atoms with van der Waals surface area (Å²) in [4.78, 5) is 24.2. The Morgan fingerprint density at radius 2 is 1.67 bits per heavy atom. The van der Waals surface area contributed by atoms with Crippen molar-refractivity contribution in [2.24, 2.45) is 23.2 Å². The zero-order valence-electron chi connectivity index (χ0n) is 12.9. The van der Waals surface area contributed by atoms with Crippen molar-refractivity contribution in [3.05, 3.63) is 0 Å². The highest BCUT2D eigenvalue weighted by atomic mass is 16.4. The van der Waals surface area contributed by atoms with Crippen LogP contribution in [0.3, 0.4) is 0 Å². The molecule has 0 aliphatic heterocycles.